The van der Waals surface area contributed by atoms with E-state index in [0.717, 1.165) is 5.69 Å². The van der Waals surface area contributed by atoms with Crippen LogP contribution >= 0.6 is 0 Å². The molecule has 0 aliphatic carbocycles. The molecule has 22 heavy (non-hydrogen) atoms. The van der Waals surface area contributed by atoms with Gasteiger partial charge in [-0.2, -0.15) is 4.99 Å². The predicted molar refractivity (Wildman–Crippen MR) is 94.3 cm³/mol. The zero-order chi connectivity index (χ0) is 15.9. The van der Waals surface area contributed by atoms with Crippen LogP contribution in [0.2, 0.25) is 0 Å². The molecule has 0 aliphatic heterocycles. The van der Waals surface area contributed by atoms with Crippen molar-refractivity contribution in [1.29, 1.82) is 0 Å². The Morgan fingerprint density at radius 3 is 1.95 bits per heavy atom. The van der Waals surface area contributed by atoms with Crippen LogP contribution < -0.4 is 0 Å². The summed E-state index contributed by atoms with van der Waals surface area (Å²) in [5.41, 5.74) is 4.72. The molecular formula is C20H24N2. The first-order valence-electron chi connectivity index (χ1n) is 7.88. The number of hydrogen-bond donors (Lipinski definition) is 0. The number of para-hydroxylation sites is 1. The summed E-state index contributed by atoms with van der Waals surface area (Å²) in [6.45, 7) is 9.39. The van der Waals surface area contributed by atoms with Crippen LogP contribution in [-0.4, -0.2) is 6.01 Å². The molecule has 0 N–H and O–H groups in total. The van der Waals surface area contributed by atoms with Crippen LogP contribution in [0, 0.1) is 0 Å². The van der Waals surface area contributed by atoms with Gasteiger partial charge in [-0.15, -0.1) is 0 Å². The average Bonchev–Trinajstić information content (AvgIpc) is 2.52. The maximum Gasteiger partial charge on any atom is 0.0952 e. The van der Waals surface area contributed by atoms with Gasteiger partial charge >= 0.3 is 0 Å². The Bertz CT molecular complexity index is 637. The van der Waals surface area contributed by atoms with E-state index in [1.165, 1.54) is 16.7 Å². The minimum atomic E-state index is 0.438. The molecule has 0 saturated carbocycles. The molecule has 0 heterocycles. The quantitative estimate of drug-likeness (QED) is 0.609. The highest BCUT2D eigenvalue weighted by Crippen LogP contribution is 2.34. The third-order valence-corrected chi connectivity index (χ3v) is 3.68. The molecule has 0 spiro atoms. The van der Waals surface area contributed by atoms with E-state index in [9.17, 15) is 0 Å². The molecule has 0 radical (unpaired) electrons. The second kappa shape index (κ2) is 7.72. The lowest BCUT2D eigenvalue weighted by Gasteiger charge is -2.15. The lowest BCUT2D eigenvalue weighted by atomic mass is 9.93. The van der Waals surface area contributed by atoms with E-state index in [1.54, 1.807) is 0 Å². The molecule has 2 rings (SSSR count). The molecule has 0 aliphatic rings. The van der Waals surface area contributed by atoms with Crippen molar-refractivity contribution in [3.8, 4) is 0 Å². The molecule has 2 aromatic carbocycles. The third-order valence-electron chi connectivity index (χ3n) is 3.68. The average molecular weight is 292 g/mol. The van der Waals surface area contributed by atoms with Gasteiger partial charge < -0.3 is 0 Å². The SMILES string of the molecule is CC(C)c1cccc(C(C)C)c1N=C=NCc1ccccc1. The Kier molecular flexibility index (Phi) is 5.68. The van der Waals surface area contributed by atoms with Crippen LogP contribution in [0.3, 0.4) is 0 Å². The molecule has 114 valence electrons. The molecule has 0 amide bonds. The number of benzene rings is 2. The summed E-state index contributed by atoms with van der Waals surface area (Å²) < 4.78 is 0. The van der Waals surface area contributed by atoms with Gasteiger partial charge in [0.15, 0.2) is 0 Å². The highest BCUT2D eigenvalue weighted by Gasteiger charge is 2.12. The Morgan fingerprint density at radius 1 is 0.818 bits per heavy atom. The van der Waals surface area contributed by atoms with Gasteiger partial charge in [0.2, 0.25) is 0 Å². The highest BCUT2D eigenvalue weighted by molar-refractivity contribution is 5.62. The minimum Gasteiger partial charge on any atom is -0.221 e. The number of hydrogen-bond acceptors (Lipinski definition) is 2. The van der Waals surface area contributed by atoms with E-state index in [2.05, 4.69) is 74.0 Å². The van der Waals surface area contributed by atoms with Crippen molar-refractivity contribution in [3.63, 3.8) is 0 Å². The molecule has 0 atom stereocenters. The fourth-order valence-corrected chi connectivity index (χ4v) is 2.44. The number of rotatable bonds is 5. The smallest absolute Gasteiger partial charge is 0.0952 e. The zero-order valence-corrected chi connectivity index (χ0v) is 13.9. The molecule has 2 heteroatoms. The summed E-state index contributed by atoms with van der Waals surface area (Å²) >= 11 is 0. The fourth-order valence-electron chi connectivity index (χ4n) is 2.44. The summed E-state index contributed by atoms with van der Waals surface area (Å²) in [6.07, 6.45) is 0. The summed E-state index contributed by atoms with van der Waals surface area (Å²) in [5, 5.41) is 0. The number of nitrogens with zero attached hydrogens (tertiary/aromatic N) is 2. The van der Waals surface area contributed by atoms with E-state index >= 15 is 0 Å². The van der Waals surface area contributed by atoms with Gasteiger partial charge in [-0.1, -0.05) is 76.2 Å². The lowest BCUT2D eigenvalue weighted by molar-refractivity contribution is 0.835. The summed E-state index contributed by atoms with van der Waals surface area (Å²) in [5.74, 6) is 0.877. The van der Waals surface area contributed by atoms with Crippen LogP contribution in [0.5, 0.6) is 0 Å². The first kappa shape index (κ1) is 16.2. The van der Waals surface area contributed by atoms with Crippen molar-refractivity contribution < 1.29 is 0 Å². The molecule has 0 fully saturated rings. The van der Waals surface area contributed by atoms with E-state index in [1.807, 2.05) is 18.2 Å². The van der Waals surface area contributed by atoms with Crippen molar-refractivity contribution >= 4 is 11.7 Å². The topological polar surface area (TPSA) is 24.7 Å². The van der Waals surface area contributed by atoms with Gasteiger partial charge in [0.25, 0.3) is 0 Å². The minimum absolute atomic E-state index is 0.438. The maximum atomic E-state index is 4.55. The fraction of sp³-hybridized carbons (Fsp3) is 0.350. The first-order valence-corrected chi connectivity index (χ1v) is 7.88. The lowest BCUT2D eigenvalue weighted by Crippen LogP contribution is -1.95. The van der Waals surface area contributed by atoms with Crippen molar-refractivity contribution in [2.75, 3.05) is 0 Å². The van der Waals surface area contributed by atoms with Gasteiger partial charge in [0, 0.05) is 0 Å². The van der Waals surface area contributed by atoms with Crippen LogP contribution in [0.4, 0.5) is 5.69 Å². The molecule has 0 saturated heterocycles. The van der Waals surface area contributed by atoms with E-state index in [-0.39, 0.29) is 0 Å². The standard InChI is InChI=1S/C20H24N2/c1-15(2)18-11-8-12-19(16(3)4)20(18)22-14-21-13-17-9-6-5-7-10-17/h5-12,15-16H,13H2,1-4H3. The molecule has 2 nitrogen and oxygen atoms in total. The summed E-state index contributed by atoms with van der Waals surface area (Å²) in [7, 11) is 0. The van der Waals surface area contributed by atoms with Crippen molar-refractivity contribution in [1.82, 2.24) is 0 Å². The predicted octanol–water partition coefficient (Wildman–Crippen LogP) is 5.94. The van der Waals surface area contributed by atoms with Crippen molar-refractivity contribution in [2.45, 2.75) is 46.1 Å². The molecular weight excluding hydrogens is 268 g/mol. The Hall–Kier alpha value is -2.18. The number of aliphatic imine (C=N–C) groups is 2. The molecule has 0 unspecified atom stereocenters. The van der Waals surface area contributed by atoms with Gasteiger partial charge in [-0.3, -0.25) is 0 Å². The maximum absolute atomic E-state index is 4.55. The largest absolute Gasteiger partial charge is 0.221 e. The second-order valence-corrected chi connectivity index (χ2v) is 6.11. The summed E-state index contributed by atoms with van der Waals surface area (Å²) in [4.78, 5) is 8.87. The van der Waals surface area contributed by atoms with E-state index in [0.29, 0.717) is 18.4 Å². The van der Waals surface area contributed by atoms with Crippen LogP contribution in [0.1, 0.15) is 56.2 Å². The third kappa shape index (κ3) is 4.16. The van der Waals surface area contributed by atoms with Gasteiger partial charge in [0.1, 0.15) is 0 Å². The second-order valence-electron chi connectivity index (χ2n) is 6.11. The van der Waals surface area contributed by atoms with E-state index in [4.69, 9.17) is 0 Å². The van der Waals surface area contributed by atoms with Gasteiger partial charge in [-0.05, 0) is 28.5 Å². The van der Waals surface area contributed by atoms with Crippen LogP contribution in [0.15, 0.2) is 58.5 Å². The van der Waals surface area contributed by atoms with Crippen molar-refractivity contribution in [2.24, 2.45) is 9.98 Å². The normalized spacial score (nSPS) is 10.6. The van der Waals surface area contributed by atoms with Gasteiger partial charge in [-0.25, -0.2) is 4.99 Å². The van der Waals surface area contributed by atoms with Gasteiger partial charge in [0.05, 0.1) is 18.2 Å². The Morgan fingerprint density at radius 2 is 1.41 bits per heavy atom. The summed E-state index contributed by atoms with van der Waals surface area (Å²) in [6, 6.07) is 19.5. The molecule has 0 bridgehead atoms. The molecule has 2 aromatic rings. The Balaban J connectivity index is 2.29. The zero-order valence-electron chi connectivity index (χ0n) is 13.9. The Labute approximate surface area is 133 Å². The van der Waals surface area contributed by atoms with Crippen LogP contribution in [0.25, 0.3) is 0 Å². The highest BCUT2D eigenvalue weighted by atomic mass is 14.8. The van der Waals surface area contributed by atoms with E-state index < -0.39 is 0 Å². The molecule has 0 aromatic heterocycles. The first-order chi connectivity index (χ1) is 10.6. The van der Waals surface area contributed by atoms with Crippen LogP contribution in [-0.2, 0) is 6.54 Å². The monoisotopic (exact) mass is 292 g/mol. The van der Waals surface area contributed by atoms with Crippen molar-refractivity contribution in [3.05, 3.63) is 65.2 Å².